The Morgan fingerprint density at radius 3 is 2.61 bits per heavy atom. The third-order valence-corrected chi connectivity index (χ3v) is 3.74. The molecule has 2 rings (SSSR count). The van der Waals surface area contributed by atoms with Gasteiger partial charge in [-0.15, -0.1) is 0 Å². The number of nitrogens with zero attached hydrogens (tertiary/aromatic N) is 1. The van der Waals surface area contributed by atoms with Crippen LogP contribution in [0.15, 0.2) is 40.8 Å². The van der Waals surface area contributed by atoms with Gasteiger partial charge in [0.25, 0.3) is 5.91 Å². The molecule has 1 amide bonds. The fraction of sp³-hybridized carbons (Fsp3) is 0.421. The SMILES string of the molecule is Cc1ccc(CN(C)C(=O)c2cccc(CCC(C)(C)O)c2)o1. The lowest BCUT2D eigenvalue weighted by Crippen LogP contribution is -2.26. The summed E-state index contributed by atoms with van der Waals surface area (Å²) >= 11 is 0. The molecule has 0 saturated carbocycles. The Morgan fingerprint density at radius 2 is 2.00 bits per heavy atom. The predicted molar refractivity (Wildman–Crippen MR) is 90.3 cm³/mol. The highest BCUT2D eigenvalue weighted by Crippen LogP contribution is 2.16. The molecule has 0 aliphatic carbocycles. The molecule has 1 aromatic carbocycles. The van der Waals surface area contributed by atoms with E-state index in [0.29, 0.717) is 18.5 Å². The van der Waals surface area contributed by atoms with Gasteiger partial charge in [0, 0.05) is 12.6 Å². The topological polar surface area (TPSA) is 53.7 Å². The van der Waals surface area contributed by atoms with Gasteiger partial charge in [-0.1, -0.05) is 12.1 Å². The summed E-state index contributed by atoms with van der Waals surface area (Å²) in [4.78, 5) is 14.2. The van der Waals surface area contributed by atoms with Crippen LogP contribution in [0.1, 0.15) is 47.7 Å². The van der Waals surface area contributed by atoms with E-state index < -0.39 is 5.60 Å². The maximum absolute atomic E-state index is 12.5. The second-order valence-electron chi connectivity index (χ2n) is 6.69. The van der Waals surface area contributed by atoms with E-state index in [-0.39, 0.29) is 5.91 Å². The number of hydrogen-bond acceptors (Lipinski definition) is 3. The van der Waals surface area contributed by atoms with Crippen molar-refractivity contribution < 1.29 is 14.3 Å². The zero-order chi connectivity index (χ0) is 17.0. The Balaban J connectivity index is 2.03. The molecule has 0 bridgehead atoms. The Bertz CT molecular complexity index is 667. The van der Waals surface area contributed by atoms with Crippen LogP contribution >= 0.6 is 0 Å². The van der Waals surface area contributed by atoms with Crippen molar-refractivity contribution >= 4 is 5.91 Å². The number of carbonyl (C=O) groups excluding carboxylic acids is 1. The third kappa shape index (κ3) is 5.25. The lowest BCUT2D eigenvalue weighted by Gasteiger charge is -2.18. The Morgan fingerprint density at radius 1 is 1.26 bits per heavy atom. The molecule has 1 heterocycles. The quantitative estimate of drug-likeness (QED) is 0.886. The Hall–Kier alpha value is -2.07. The molecule has 0 saturated heterocycles. The first-order chi connectivity index (χ1) is 10.7. The van der Waals surface area contributed by atoms with Crippen LogP contribution < -0.4 is 0 Å². The normalized spacial score (nSPS) is 11.5. The van der Waals surface area contributed by atoms with Crippen LogP contribution in [0.5, 0.6) is 0 Å². The van der Waals surface area contributed by atoms with E-state index >= 15 is 0 Å². The van der Waals surface area contributed by atoms with Gasteiger partial charge in [-0.2, -0.15) is 0 Å². The van der Waals surface area contributed by atoms with E-state index in [0.717, 1.165) is 23.5 Å². The van der Waals surface area contributed by atoms with Crippen molar-refractivity contribution in [1.29, 1.82) is 0 Å². The second-order valence-corrected chi connectivity index (χ2v) is 6.69. The van der Waals surface area contributed by atoms with E-state index in [2.05, 4.69) is 0 Å². The lowest BCUT2D eigenvalue weighted by molar-refractivity contribution is 0.0714. The highest BCUT2D eigenvalue weighted by molar-refractivity contribution is 5.94. The predicted octanol–water partition coefficient (Wildman–Crippen LogP) is 3.56. The van der Waals surface area contributed by atoms with Crippen LogP contribution in [0.2, 0.25) is 0 Å². The molecule has 0 radical (unpaired) electrons. The van der Waals surface area contributed by atoms with Gasteiger partial charge in [-0.3, -0.25) is 4.79 Å². The van der Waals surface area contributed by atoms with E-state index in [4.69, 9.17) is 4.42 Å². The summed E-state index contributed by atoms with van der Waals surface area (Å²) in [6.45, 7) is 5.92. The van der Waals surface area contributed by atoms with Gasteiger partial charge in [0.15, 0.2) is 0 Å². The number of hydrogen-bond donors (Lipinski definition) is 1. The largest absolute Gasteiger partial charge is 0.464 e. The van der Waals surface area contributed by atoms with Crippen LogP contribution in [0.4, 0.5) is 0 Å². The summed E-state index contributed by atoms with van der Waals surface area (Å²) in [5, 5.41) is 9.83. The van der Waals surface area contributed by atoms with Crippen molar-refractivity contribution in [1.82, 2.24) is 4.90 Å². The van der Waals surface area contributed by atoms with Gasteiger partial charge in [0.1, 0.15) is 11.5 Å². The molecule has 0 fully saturated rings. The average Bonchev–Trinajstić information content (AvgIpc) is 2.89. The van der Waals surface area contributed by atoms with Gasteiger partial charge in [-0.25, -0.2) is 0 Å². The third-order valence-electron chi connectivity index (χ3n) is 3.74. The standard InChI is InChI=1S/C19H25NO3/c1-14-8-9-17(23-14)13-20(4)18(21)16-7-5-6-15(12-16)10-11-19(2,3)22/h5-9,12,22H,10-11,13H2,1-4H3. The van der Waals surface area contributed by atoms with Crippen LogP contribution in [0.3, 0.4) is 0 Å². The first-order valence-electron chi connectivity index (χ1n) is 7.87. The summed E-state index contributed by atoms with van der Waals surface area (Å²) in [6.07, 6.45) is 1.40. The maximum atomic E-state index is 12.5. The van der Waals surface area contributed by atoms with Crippen LogP contribution in [-0.2, 0) is 13.0 Å². The van der Waals surface area contributed by atoms with E-state index in [9.17, 15) is 9.90 Å². The van der Waals surface area contributed by atoms with Gasteiger partial charge in [0.2, 0.25) is 0 Å². The van der Waals surface area contributed by atoms with Crippen molar-refractivity contribution in [2.24, 2.45) is 0 Å². The molecule has 2 aromatic rings. The highest BCUT2D eigenvalue weighted by Gasteiger charge is 2.15. The van der Waals surface area contributed by atoms with Crippen LogP contribution in [-0.4, -0.2) is 28.6 Å². The van der Waals surface area contributed by atoms with Gasteiger partial charge < -0.3 is 14.4 Å². The molecule has 0 spiro atoms. The number of rotatable bonds is 6. The monoisotopic (exact) mass is 315 g/mol. The lowest BCUT2D eigenvalue weighted by atomic mass is 9.98. The first-order valence-corrected chi connectivity index (χ1v) is 7.87. The maximum Gasteiger partial charge on any atom is 0.254 e. The molecule has 23 heavy (non-hydrogen) atoms. The first kappa shape index (κ1) is 17.3. The number of aryl methyl sites for hydroxylation is 2. The zero-order valence-corrected chi connectivity index (χ0v) is 14.3. The van der Waals surface area contributed by atoms with Gasteiger partial charge in [0.05, 0.1) is 12.1 Å². The molecule has 4 heteroatoms. The van der Waals surface area contributed by atoms with Crippen molar-refractivity contribution in [3.8, 4) is 0 Å². The van der Waals surface area contributed by atoms with Crippen molar-refractivity contribution in [2.75, 3.05) is 7.05 Å². The van der Waals surface area contributed by atoms with E-state index in [1.165, 1.54) is 0 Å². The van der Waals surface area contributed by atoms with Crippen LogP contribution in [0.25, 0.3) is 0 Å². The van der Waals surface area contributed by atoms with Crippen molar-refractivity contribution in [2.45, 2.75) is 45.8 Å². The number of carbonyl (C=O) groups is 1. The minimum Gasteiger partial charge on any atom is -0.464 e. The number of furan rings is 1. The minimum absolute atomic E-state index is 0.0378. The minimum atomic E-state index is -0.700. The molecule has 0 unspecified atom stereocenters. The number of aliphatic hydroxyl groups is 1. The summed E-state index contributed by atoms with van der Waals surface area (Å²) in [6, 6.07) is 11.4. The van der Waals surface area contributed by atoms with E-state index in [1.807, 2.05) is 43.3 Å². The number of amides is 1. The molecule has 124 valence electrons. The molecular weight excluding hydrogens is 290 g/mol. The molecule has 0 aliphatic rings. The summed E-state index contributed by atoms with van der Waals surface area (Å²) < 4.78 is 5.52. The molecule has 0 atom stereocenters. The van der Waals surface area contributed by atoms with E-state index in [1.54, 1.807) is 25.8 Å². The van der Waals surface area contributed by atoms with Crippen LogP contribution in [0, 0.1) is 6.92 Å². The Kier molecular flexibility index (Phi) is 5.26. The van der Waals surface area contributed by atoms with Crippen molar-refractivity contribution in [3.63, 3.8) is 0 Å². The summed E-state index contributed by atoms with van der Waals surface area (Å²) in [5.41, 5.74) is 1.01. The Labute approximate surface area is 137 Å². The smallest absolute Gasteiger partial charge is 0.254 e. The van der Waals surface area contributed by atoms with Gasteiger partial charge in [-0.05, 0) is 63.4 Å². The molecular formula is C19H25NO3. The average molecular weight is 315 g/mol. The molecule has 0 aliphatic heterocycles. The zero-order valence-electron chi connectivity index (χ0n) is 14.3. The fourth-order valence-corrected chi connectivity index (χ4v) is 2.41. The second kappa shape index (κ2) is 7.01. The summed E-state index contributed by atoms with van der Waals surface area (Å²) in [5.74, 6) is 1.58. The highest BCUT2D eigenvalue weighted by atomic mass is 16.3. The fourth-order valence-electron chi connectivity index (χ4n) is 2.41. The van der Waals surface area contributed by atoms with Crippen molar-refractivity contribution in [3.05, 3.63) is 59.0 Å². The number of benzene rings is 1. The molecule has 1 N–H and O–H groups in total. The molecule has 1 aromatic heterocycles. The van der Waals surface area contributed by atoms with Gasteiger partial charge >= 0.3 is 0 Å². The summed E-state index contributed by atoms with van der Waals surface area (Å²) in [7, 11) is 1.77. The molecule has 4 nitrogen and oxygen atoms in total.